The average Bonchev–Trinajstić information content (AvgIpc) is 2.30. The Morgan fingerprint density at radius 3 is 2.50 bits per heavy atom. The number of ether oxygens (including phenoxy) is 2. The van der Waals surface area contributed by atoms with E-state index < -0.39 is 17.7 Å². The summed E-state index contributed by atoms with van der Waals surface area (Å²) in [4.78, 5) is 0. The molecule has 1 unspecified atom stereocenters. The first-order valence-electron chi connectivity index (χ1n) is 4.58. The number of hydrogen-bond acceptors (Lipinski definition) is 5. The molecule has 5 nitrogen and oxygen atoms in total. The third kappa shape index (κ3) is 2.02. The third-order valence-electron chi connectivity index (χ3n) is 2.19. The monoisotopic (exact) mass is 231 g/mol. The summed E-state index contributed by atoms with van der Waals surface area (Å²) in [7, 11) is 2.65. The predicted molar refractivity (Wildman–Crippen MR) is 55.2 cm³/mol. The van der Waals surface area contributed by atoms with Crippen molar-refractivity contribution in [2.75, 3.05) is 20.8 Å². The number of phenols is 1. The Labute approximate surface area is 92.2 Å². The summed E-state index contributed by atoms with van der Waals surface area (Å²) in [6.07, 6.45) is -1.22. The highest BCUT2D eigenvalue weighted by Gasteiger charge is 2.24. The van der Waals surface area contributed by atoms with Gasteiger partial charge in [0.15, 0.2) is 23.1 Å². The highest BCUT2D eigenvalue weighted by molar-refractivity contribution is 5.55. The largest absolute Gasteiger partial charge is 0.504 e. The topological polar surface area (TPSA) is 84.9 Å². The molecule has 0 bridgehead atoms. The number of hydrogen-bond donors (Lipinski definition) is 3. The van der Waals surface area contributed by atoms with Crippen LogP contribution >= 0.6 is 0 Å². The quantitative estimate of drug-likeness (QED) is 0.704. The van der Waals surface area contributed by atoms with Crippen LogP contribution < -0.4 is 15.2 Å². The van der Waals surface area contributed by atoms with E-state index in [0.29, 0.717) is 0 Å². The second-order valence-electron chi connectivity index (χ2n) is 3.11. The second kappa shape index (κ2) is 5.00. The van der Waals surface area contributed by atoms with Gasteiger partial charge in [0, 0.05) is 12.6 Å². The van der Waals surface area contributed by atoms with Crippen LogP contribution in [0.4, 0.5) is 4.39 Å². The van der Waals surface area contributed by atoms with E-state index in [1.165, 1.54) is 14.2 Å². The van der Waals surface area contributed by atoms with E-state index in [-0.39, 0.29) is 23.6 Å². The summed E-state index contributed by atoms with van der Waals surface area (Å²) in [6.45, 7) is -0.170. The first-order chi connectivity index (χ1) is 7.56. The summed E-state index contributed by atoms with van der Waals surface area (Å²) < 4.78 is 23.1. The SMILES string of the molecule is COc1cc(F)c(O)c(C(O)CN)c1OC. The van der Waals surface area contributed by atoms with Gasteiger partial charge in [0.25, 0.3) is 0 Å². The fraction of sp³-hybridized carbons (Fsp3) is 0.400. The molecular formula is C10H14FNO4. The highest BCUT2D eigenvalue weighted by atomic mass is 19.1. The van der Waals surface area contributed by atoms with Crippen LogP contribution in [0.3, 0.4) is 0 Å². The van der Waals surface area contributed by atoms with Crippen LogP contribution in [0.15, 0.2) is 6.07 Å². The lowest BCUT2D eigenvalue weighted by atomic mass is 10.1. The first-order valence-corrected chi connectivity index (χ1v) is 4.58. The molecule has 0 aromatic heterocycles. The zero-order valence-electron chi connectivity index (χ0n) is 9.03. The van der Waals surface area contributed by atoms with Crippen LogP contribution in [0, 0.1) is 5.82 Å². The van der Waals surface area contributed by atoms with E-state index in [1.807, 2.05) is 0 Å². The zero-order chi connectivity index (χ0) is 12.3. The number of aromatic hydroxyl groups is 1. The lowest BCUT2D eigenvalue weighted by Crippen LogP contribution is -2.13. The van der Waals surface area contributed by atoms with Crippen LogP contribution in [0.2, 0.25) is 0 Å². The highest BCUT2D eigenvalue weighted by Crippen LogP contribution is 2.42. The molecule has 0 fully saturated rings. The number of aliphatic hydroxyl groups is 1. The van der Waals surface area contributed by atoms with Gasteiger partial charge in [-0.2, -0.15) is 0 Å². The van der Waals surface area contributed by atoms with Crippen molar-refractivity contribution in [1.82, 2.24) is 0 Å². The van der Waals surface area contributed by atoms with E-state index >= 15 is 0 Å². The van der Waals surface area contributed by atoms with Crippen LogP contribution in [0.1, 0.15) is 11.7 Å². The van der Waals surface area contributed by atoms with Crippen LogP contribution in [0.5, 0.6) is 17.2 Å². The number of phenolic OH excluding ortho intramolecular Hbond substituents is 1. The number of benzene rings is 1. The smallest absolute Gasteiger partial charge is 0.170 e. The molecule has 0 saturated carbocycles. The summed E-state index contributed by atoms with van der Waals surface area (Å²) in [5.74, 6) is -1.43. The lowest BCUT2D eigenvalue weighted by Gasteiger charge is -2.17. The van der Waals surface area contributed by atoms with Crippen molar-refractivity contribution in [2.24, 2.45) is 5.73 Å². The van der Waals surface area contributed by atoms with Gasteiger partial charge in [-0.3, -0.25) is 0 Å². The van der Waals surface area contributed by atoms with Gasteiger partial charge in [0.2, 0.25) is 0 Å². The van der Waals surface area contributed by atoms with E-state index in [4.69, 9.17) is 15.2 Å². The first kappa shape index (κ1) is 12.5. The minimum absolute atomic E-state index is 0.0688. The van der Waals surface area contributed by atoms with Crippen molar-refractivity contribution in [1.29, 1.82) is 0 Å². The molecule has 0 aliphatic carbocycles. The number of halogens is 1. The maximum atomic E-state index is 13.3. The summed E-state index contributed by atoms with van der Waals surface area (Å²) in [6, 6.07) is 0.973. The zero-order valence-corrected chi connectivity index (χ0v) is 9.03. The van der Waals surface area contributed by atoms with Gasteiger partial charge in [-0.1, -0.05) is 0 Å². The normalized spacial score (nSPS) is 12.3. The molecular weight excluding hydrogens is 217 g/mol. The van der Waals surface area contributed by atoms with Gasteiger partial charge < -0.3 is 25.4 Å². The van der Waals surface area contributed by atoms with Crippen molar-refractivity contribution in [3.8, 4) is 17.2 Å². The van der Waals surface area contributed by atoms with Crippen molar-refractivity contribution in [2.45, 2.75) is 6.10 Å². The molecule has 6 heteroatoms. The molecule has 0 aliphatic rings. The second-order valence-corrected chi connectivity index (χ2v) is 3.11. The summed E-state index contributed by atoms with van der Waals surface area (Å²) >= 11 is 0. The minimum atomic E-state index is -1.22. The molecule has 0 heterocycles. The van der Waals surface area contributed by atoms with Gasteiger partial charge >= 0.3 is 0 Å². The molecule has 4 N–H and O–H groups in total. The van der Waals surface area contributed by atoms with E-state index in [2.05, 4.69) is 0 Å². The van der Waals surface area contributed by atoms with Crippen LogP contribution in [0.25, 0.3) is 0 Å². The molecule has 16 heavy (non-hydrogen) atoms. The molecule has 0 amide bonds. The Morgan fingerprint density at radius 2 is 2.06 bits per heavy atom. The Morgan fingerprint density at radius 1 is 1.44 bits per heavy atom. The molecule has 1 aromatic carbocycles. The fourth-order valence-electron chi connectivity index (χ4n) is 1.41. The standard InChI is InChI=1S/C10H14FNO4/c1-15-7-3-5(11)9(14)8(6(13)4-12)10(7)16-2/h3,6,13-14H,4,12H2,1-2H3. The van der Waals surface area contributed by atoms with Crippen molar-refractivity contribution >= 4 is 0 Å². The van der Waals surface area contributed by atoms with Crippen LogP contribution in [-0.2, 0) is 0 Å². The fourth-order valence-corrected chi connectivity index (χ4v) is 1.41. The minimum Gasteiger partial charge on any atom is -0.504 e. The maximum absolute atomic E-state index is 13.3. The summed E-state index contributed by atoms with van der Waals surface area (Å²) in [5, 5.41) is 19.1. The van der Waals surface area contributed by atoms with Gasteiger partial charge in [0.1, 0.15) is 0 Å². The molecule has 0 saturated heterocycles. The van der Waals surface area contributed by atoms with Crippen molar-refractivity contribution in [3.63, 3.8) is 0 Å². The van der Waals surface area contributed by atoms with Crippen LogP contribution in [-0.4, -0.2) is 31.0 Å². The number of rotatable bonds is 4. The van der Waals surface area contributed by atoms with E-state index in [1.54, 1.807) is 0 Å². The van der Waals surface area contributed by atoms with Gasteiger partial charge in [-0.15, -0.1) is 0 Å². The lowest BCUT2D eigenvalue weighted by molar-refractivity contribution is 0.175. The Kier molecular flexibility index (Phi) is 3.92. The Bertz CT molecular complexity index is 384. The maximum Gasteiger partial charge on any atom is 0.170 e. The molecule has 90 valence electrons. The van der Waals surface area contributed by atoms with Gasteiger partial charge in [-0.25, -0.2) is 4.39 Å². The Balaban J connectivity index is 3.46. The predicted octanol–water partition coefficient (Wildman–Crippen LogP) is 0.541. The van der Waals surface area contributed by atoms with Crippen molar-refractivity contribution in [3.05, 3.63) is 17.4 Å². The Hall–Kier alpha value is -1.53. The van der Waals surface area contributed by atoms with E-state index in [9.17, 15) is 14.6 Å². The molecule has 1 aromatic rings. The molecule has 0 radical (unpaired) electrons. The van der Waals surface area contributed by atoms with Gasteiger partial charge in [-0.05, 0) is 0 Å². The molecule has 1 rings (SSSR count). The summed E-state index contributed by atoms with van der Waals surface area (Å²) in [5.41, 5.74) is 5.15. The van der Waals surface area contributed by atoms with Crippen molar-refractivity contribution < 1.29 is 24.1 Å². The molecule has 0 spiro atoms. The van der Waals surface area contributed by atoms with Gasteiger partial charge in [0.05, 0.1) is 25.9 Å². The number of nitrogens with two attached hydrogens (primary N) is 1. The number of aliphatic hydroxyl groups excluding tert-OH is 1. The average molecular weight is 231 g/mol. The molecule has 0 aliphatic heterocycles. The van der Waals surface area contributed by atoms with E-state index in [0.717, 1.165) is 6.07 Å². The number of methoxy groups -OCH3 is 2. The molecule has 1 atom stereocenters. The third-order valence-corrected chi connectivity index (χ3v) is 2.19.